The molecule has 220 valence electrons. The predicted octanol–water partition coefficient (Wildman–Crippen LogP) is 6.01. The van der Waals surface area contributed by atoms with E-state index >= 15 is 0 Å². The van der Waals surface area contributed by atoms with Crippen molar-refractivity contribution < 1.29 is 24.2 Å². The number of aryl methyl sites for hydroxylation is 1. The van der Waals surface area contributed by atoms with Crippen molar-refractivity contribution >= 4 is 17.9 Å². The van der Waals surface area contributed by atoms with Crippen molar-refractivity contribution in [2.24, 2.45) is 5.92 Å². The number of alkyl carbamates (subject to hydrolysis) is 1. The van der Waals surface area contributed by atoms with E-state index < -0.39 is 41.1 Å². The summed E-state index contributed by atoms with van der Waals surface area (Å²) in [6.07, 6.45) is 0.421. The third-order valence-corrected chi connectivity index (χ3v) is 7.29. The number of rotatable bonds is 11. The van der Waals surface area contributed by atoms with Gasteiger partial charge >= 0.3 is 6.09 Å². The van der Waals surface area contributed by atoms with Gasteiger partial charge in [0, 0.05) is 17.6 Å². The van der Waals surface area contributed by atoms with Gasteiger partial charge in [-0.15, -0.1) is 0 Å². The second-order valence-corrected chi connectivity index (χ2v) is 12.0. The highest BCUT2D eigenvalue weighted by Gasteiger charge is 2.45. The molecule has 3 atom stereocenters. The highest BCUT2D eigenvalue weighted by Crippen LogP contribution is 2.37. The molecule has 2 aromatic rings. The summed E-state index contributed by atoms with van der Waals surface area (Å²) in [4.78, 5) is 42.9. The van der Waals surface area contributed by atoms with Crippen LogP contribution in [0.4, 0.5) is 4.79 Å². The zero-order chi connectivity index (χ0) is 30.3. The molecule has 3 unspecified atom stereocenters. The normalized spacial score (nSPS) is 14.0. The van der Waals surface area contributed by atoms with E-state index in [2.05, 4.69) is 10.6 Å². The summed E-state index contributed by atoms with van der Waals surface area (Å²) >= 11 is 0. The van der Waals surface area contributed by atoms with Crippen LogP contribution in [0.25, 0.3) is 0 Å². The first kappa shape index (κ1) is 32.7. The lowest BCUT2D eigenvalue weighted by atomic mass is 9.88. The smallest absolute Gasteiger partial charge is 0.408 e. The minimum Gasteiger partial charge on any atom is -0.507 e. The fourth-order valence-corrected chi connectivity index (χ4v) is 4.39. The van der Waals surface area contributed by atoms with Crippen molar-refractivity contribution in [1.29, 1.82) is 0 Å². The van der Waals surface area contributed by atoms with Gasteiger partial charge in [0.05, 0.1) is 0 Å². The van der Waals surface area contributed by atoms with Crippen LogP contribution in [-0.2, 0) is 20.9 Å². The van der Waals surface area contributed by atoms with E-state index in [1.165, 1.54) is 4.90 Å². The molecule has 0 bridgehead atoms. The van der Waals surface area contributed by atoms with E-state index in [0.717, 1.165) is 5.56 Å². The van der Waals surface area contributed by atoms with E-state index in [-0.39, 0.29) is 18.2 Å². The molecule has 0 aliphatic carbocycles. The third kappa shape index (κ3) is 8.47. The molecule has 40 heavy (non-hydrogen) atoms. The van der Waals surface area contributed by atoms with E-state index in [4.69, 9.17) is 4.74 Å². The number of hydrogen-bond donors (Lipinski definition) is 3. The van der Waals surface area contributed by atoms with Crippen LogP contribution in [0.3, 0.4) is 0 Å². The van der Waals surface area contributed by atoms with Gasteiger partial charge in [-0.2, -0.15) is 0 Å². The highest BCUT2D eigenvalue weighted by molar-refractivity contribution is 5.93. The number of phenols is 1. The lowest BCUT2D eigenvalue weighted by Gasteiger charge is -2.45. The van der Waals surface area contributed by atoms with E-state index in [0.29, 0.717) is 24.0 Å². The maximum absolute atomic E-state index is 14.5. The Balaban J connectivity index is 2.65. The summed E-state index contributed by atoms with van der Waals surface area (Å²) in [6, 6.07) is 12.6. The van der Waals surface area contributed by atoms with E-state index in [1.54, 1.807) is 45.9 Å². The molecule has 0 saturated carbocycles. The molecule has 8 nitrogen and oxygen atoms in total. The molecular formula is C32H47N3O5. The molecule has 2 aromatic carbocycles. The van der Waals surface area contributed by atoms with Crippen molar-refractivity contribution in [3.05, 3.63) is 65.2 Å². The number of benzene rings is 2. The first-order chi connectivity index (χ1) is 18.6. The number of nitrogens with zero attached hydrogens (tertiary/aromatic N) is 1. The SMILES string of the molecule is CCC(C)C(NC(=O)OC(C)(C)C)C(=O)N(C(C(=O)NCc1ccccc1)c1cccc(C)c1O)C(C)(C)CC. The van der Waals surface area contributed by atoms with Crippen molar-refractivity contribution in [3.63, 3.8) is 0 Å². The average molecular weight is 554 g/mol. The van der Waals surface area contributed by atoms with Crippen LogP contribution < -0.4 is 10.6 Å². The molecule has 0 aliphatic heterocycles. The Bertz CT molecular complexity index is 1160. The van der Waals surface area contributed by atoms with Crippen LogP contribution in [0.1, 0.15) is 91.0 Å². The van der Waals surface area contributed by atoms with Gasteiger partial charge in [0.1, 0.15) is 23.4 Å². The number of nitrogens with one attached hydrogen (secondary N) is 2. The van der Waals surface area contributed by atoms with Gasteiger partial charge in [-0.05, 0) is 65.0 Å². The molecule has 3 N–H and O–H groups in total. The maximum Gasteiger partial charge on any atom is 0.408 e. The van der Waals surface area contributed by atoms with Crippen LogP contribution in [0.2, 0.25) is 0 Å². The predicted molar refractivity (Wildman–Crippen MR) is 158 cm³/mol. The lowest BCUT2D eigenvalue weighted by molar-refractivity contribution is -0.150. The van der Waals surface area contributed by atoms with Crippen LogP contribution in [0.5, 0.6) is 5.75 Å². The third-order valence-electron chi connectivity index (χ3n) is 7.29. The van der Waals surface area contributed by atoms with Gasteiger partial charge in [-0.25, -0.2) is 4.79 Å². The minimum atomic E-state index is -1.15. The van der Waals surface area contributed by atoms with Gasteiger partial charge in [0.2, 0.25) is 11.8 Å². The Morgan fingerprint density at radius 2 is 1.60 bits per heavy atom. The molecule has 0 fully saturated rings. The van der Waals surface area contributed by atoms with Crippen molar-refractivity contribution in [2.75, 3.05) is 0 Å². The number of carbonyl (C=O) groups is 3. The van der Waals surface area contributed by atoms with Crippen LogP contribution in [0.15, 0.2) is 48.5 Å². The van der Waals surface area contributed by atoms with Gasteiger partial charge in [-0.1, -0.05) is 75.7 Å². The van der Waals surface area contributed by atoms with Crippen molar-refractivity contribution in [1.82, 2.24) is 15.5 Å². The first-order valence-electron chi connectivity index (χ1n) is 14.1. The molecule has 0 aliphatic rings. The fraction of sp³-hybridized carbons (Fsp3) is 0.531. The summed E-state index contributed by atoms with van der Waals surface area (Å²) < 4.78 is 5.48. The van der Waals surface area contributed by atoms with Crippen LogP contribution in [-0.4, -0.2) is 45.1 Å². The van der Waals surface area contributed by atoms with Gasteiger partial charge < -0.3 is 25.4 Å². The summed E-state index contributed by atoms with van der Waals surface area (Å²) in [5, 5.41) is 16.9. The zero-order valence-corrected chi connectivity index (χ0v) is 25.5. The first-order valence-corrected chi connectivity index (χ1v) is 14.1. The molecule has 0 heterocycles. The number of para-hydroxylation sites is 1. The summed E-state index contributed by atoms with van der Waals surface area (Å²) in [6.45, 7) is 16.8. The molecule has 0 saturated heterocycles. The highest BCUT2D eigenvalue weighted by atomic mass is 16.6. The number of amides is 3. The summed E-state index contributed by atoms with van der Waals surface area (Å²) in [7, 11) is 0. The van der Waals surface area contributed by atoms with Gasteiger partial charge in [0.25, 0.3) is 0 Å². The minimum absolute atomic E-state index is 0.0488. The second-order valence-electron chi connectivity index (χ2n) is 12.0. The largest absolute Gasteiger partial charge is 0.507 e. The van der Waals surface area contributed by atoms with E-state index in [1.807, 2.05) is 65.0 Å². The number of carbonyl (C=O) groups excluding carboxylic acids is 3. The second kappa shape index (κ2) is 13.7. The zero-order valence-electron chi connectivity index (χ0n) is 25.5. The maximum atomic E-state index is 14.5. The number of phenolic OH excluding ortho intramolecular Hbond substituents is 1. The quantitative estimate of drug-likeness (QED) is 0.316. The Hall–Kier alpha value is -3.55. The number of hydrogen-bond acceptors (Lipinski definition) is 5. The van der Waals surface area contributed by atoms with Crippen molar-refractivity contribution in [2.45, 2.75) is 105 Å². The van der Waals surface area contributed by atoms with Crippen LogP contribution in [0, 0.1) is 12.8 Å². The fourth-order valence-electron chi connectivity index (χ4n) is 4.39. The molecule has 0 spiro atoms. The Labute approximate surface area is 239 Å². The molecule has 3 amide bonds. The topological polar surface area (TPSA) is 108 Å². The van der Waals surface area contributed by atoms with Gasteiger partial charge in [0.15, 0.2) is 0 Å². The summed E-state index contributed by atoms with van der Waals surface area (Å²) in [5.41, 5.74) is 0.247. The lowest BCUT2D eigenvalue weighted by Crippen LogP contribution is -2.60. The van der Waals surface area contributed by atoms with Crippen LogP contribution >= 0.6 is 0 Å². The molecule has 0 radical (unpaired) electrons. The standard InChI is InChI=1S/C32H47N3O5/c1-10-21(3)25(34-30(39)40-31(5,6)7)29(38)35(32(8,9)11-2)26(24-19-15-16-22(4)27(24)36)28(37)33-20-23-17-13-12-14-18-23/h12-19,21,25-26,36H,10-11,20H2,1-9H3,(H,33,37)(H,34,39). The number of ether oxygens (including phenoxy) is 1. The number of aromatic hydroxyl groups is 1. The van der Waals surface area contributed by atoms with Gasteiger partial charge in [-0.3, -0.25) is 9.59 Å². The molecular weight excluding hydrogens is 506 g/mol. The van der Waals surface area contributed by atoms with E-state index in [9.17, 15) is 19.5 Å². The Morgan fingerprint density at radius 1 is 0.975 bits per heavy atom. The molecule has 8 heteroatoms. The monoisotopic (exact) mass is 553 g/mol. The Kier molecular flexibility index (Phi) is 11.2. The molecule has 2 rings (SSSR count). The molecule has 0 aromatic heterocycles. The van der Waals surface area contributed by atoms with Crippen molar-refractivity contribution in [3.8, 4) is 5.75 Å². The Morgan fingerprint density at radius 3 is 2.15 bits per heavy atom. The summed E-state index contributed by atoms with van der Waals surface area (Å²) in [5.74, 6) is -1.16. The average Bonchev–Trinajstić information content (AvgIpc) is 2.89.